The fraction of sp³-hybridized carbons (Fsp3) is 0.346. The Labute approximate surface area is 201 Å². The van der Waals surface area contributed by atoms with Gasteiger partial charge in [0.15, 0.2) is 0 Å². The Morgan fingerprint density at radius 1 is 1.21 bits per heavy atom. The highest BCUT2D eigenvalue weighted by atomic mass is 32.1. The summed E-state index contributed by atoms with van der Waals surface area (Å²) in [6.07, 6.45) is 3.23. The molecule has 1 aliphatic carbocycles. The molecule has 0 spiro atoms. The smallest absolute Gasteiger partial charge is 0.270 e. The molecule has 3 aromatic rings. The molecule has 1 fully saturated rings. The summed E-state index contributed by atoms with van der Waals surface area (Å²) in [7, 11) is 0. The van der Waals surface area contributed by atoms with Gasteiger partial charge in [0.25, 0.3) is 5.91 Å². The number of benzene rings is 2. The fourth-order valence-electron chi connectivity index (χ4n) is 4.27. The molecule has 8 heteroatoms. The van der Waals surface area contributed by atoms with E-state index < -0.39 is 0 Å². The van der Waals surface area contributed by atoms with E-state index in [1.165, 1.54) is 23.5 Å². The molecule has 6 nitrogen and oxygen atoms in total. The molecule has 1 N–H and O–H groups in total. The minimum atomic E-state index is -0.307. The van der Waals surface area contributed by atoms with Crippen molar-refractivity contribution in [3.63, 3.8) is 0 Å². The summed E-state index contributed by atoms with van der Waals surface area (Å²) in [6, 6.07) is 12.3. The molecule has 2 aliphatic rings. The van der Waals surface area contributed by atoms with Crippen molar-refractivity contribution in [3.05, 3.63) is 81.1 Å². The molecule has 34 heavy (non-hydrogen) atoms. The lowest BCUT2D eigenvalue weighted by Crippen LogP contribution is -2.40. The average molecular weight is 480 g/mol. The number of carbonyl (C=O) groups is 2. The second kappa shape index (κ2) is 9.54. The van der Waals surface area contributed by atoms with Crippen LogP contribution in [0.5, 0.6) is 5.75 Å². The van der Waals surface area contributed by atoms with Crippen molar-refractivity contribution in [2.24, 2.45) is 0 Å². The second-order valence-electron chi connectivity index (χ2n) is 8.67. The molecule has 0 radical (unpaired) electrons. The van der Waals surface area contributed by atoms with Crippen molar-refractivity contribution in [3.8, 4) is 5.75 Å². The number of rotatable bonds is 7. The highest BCUT2D eigenvalue weighted by Gasteiger charge is 2.32. The van der Waals surface area contributed by atoms with Gasteiger partial charge in [0.1, 0.15) is 28.9 Å². The number of hydrogen-bond acceptors (Lipinski definition) is 5. The minimum Gasteiger partial charge on any atom is -0.486 e. The van der Waals surface area contributed by atoms with Gasteiger partial charge in [-0.2, -0.15) is 0 Å². The largest absolute Gasteiger partial charge is 0.486 e. The Kier molecular flexibility index (Phi) is 6.32. The SMILES string of the molecule is CCC(=O)N1CCc2ccc(OCc3nc(C(=O)NC4CC4)cs3)cc2C1c1ccc(F)cc1. The number of carbonyl (C=O) groups excluding carboxylic acids is 2. The van der Waals surface area contributed by atoms with E-state index in [-0.39, 0.29) is 36.3 Å². The first kappa shape index (κ1) is 22.5. The molecule has 2 heterocycles. The van der Waals surface area contributed by atoms with Crippen LogP contribution in [0.1, 0.15) is 64.4 Å². The quantitative estimate of drug-likeness (QED) is 0.536. The van der Waals surface area contributed by atoms with Gasteiger partial charge < -0.3 is 15.0 Å². The first-order valence-corrected chi connectivity index (χ1v) is 12.5. The van der Waals surface area contributed by atoms with Crippen molar-refractivity contribution >= 4 is 23.2 Å². The van der Waals surface area contributed by atoms with Crippen LogP contribution in [0.25, 0.3) is 0 Å². The molecule has 2 aromatic carbocycles. The van der Waals surface area contributed by atoms with E-state index >= 15 is 0 Å². The Morgan fingerprint density at radius 3 is 2.74 bits per heavy atom. The summed E-state index contributed by atoms with van der Waals surface area (Å²) in [5.74, 6) is 0.280. The summed E-state index contributed by atoms with van der Waals surface area (Å²) < 4.78 is 19.6. The number of ether oxygens (including phenoxy) is 1. The zero-order valence-electron chi connectivity index (χ0n) is 18.9. The van der Waals surface area contributed by atoms with E-state index in [4.69, 9.17) is 4.74 Å². The van der Waals surface area contributed by atoms with Gasteiger partial charge in [-0.25, -0.2) is 9.37 Å². The summed E-state index contributed by atoms with van der Waals surface area (Å²) in [6.45, 7) is 2.72. The maximum Gasteiger partial charge on any atom is 0.270 e. The first-order valence-electron chi connectivity index (χ1n) is 11.6. The van der Waals surface area contributed by atoms with Crippen LogP contribution in [0.3, 0.4) is 0 Å². The number of amides is 2. The van der Waals surface area contributed by atoms with Crippen molar-refractivity contribution in [2.45, 2.75) is 51.3 Å². The number of nitrogens with one attached hydrogen (secondary N) is 1. The minimum absolute atomic E-state index is 0.0612. The van der Waals surface area contributed by atoms with Crippen LogP contribution in [0.2, 0.25) is 0 Å². The van der Waals surface area contributed by atoms with E-state index in [9.17, 15) is 14.0 Å². The van der Waals surface area contributed by atoms with Crippen molar-refractivity contribution in [2.75, 3.05) is 6.54 Å². The van der Waals surface area contributed by atoms with E-state index in [0.717, 1.165) is 41.0 Å². The van der Waals surface area contributed by atoms with Gasteiger partial charge in [-0.05, 0) is 60.2 Å². The predicted octanol–water partition coefficient (Wildman–Crippen LogP) is 4.64. The standard InChI is InChI=1S/C26H26FN3O3S/c1-2-24(31)30-12-11-16-5-10-20(13-21(16)25(30)17-3-6-18(27)7-4-17)33-14-23-29-22(15-34-23)26(32)28-19-8-9-19/h3-7,10,13,15,19,25H,2,8-9,11-12,14H2,1H3,(H,28,32). The Morgan fingerprint density at radius 2 is 2.00 bits per heavy atom. The fourth-order valence-corrected chi connectivity index (χ4v) is 4.96. The van der Waals surface area contributed by atoms with Gasteiger partial charge in [0.2, 0.25) is 5.91 Å². The molecule has 1 unspecified atom stereocenters. The molecular formula is C26H26FN3O3S. The molecule has 1 aromatic heterocycles. The normalized spacial score (nSPS) is 17.2. The first-order chi connectivity index (χ1) is 16.5. The Hall–Kier alpha value is -3.26. The zero-order chi connectivity index (χ0) is 23.7. The summed E-state index contributed by atoms with van der Waals surface area (Å²) >= 11 is 1.39. The second-order valence-corrected chi connectivity index (χ2v) is 9.61. The Bertz CT molecular complexity index is 1210. The third-order valence-corrected chi connectivity index (χ3v) is 7.04. The maximum absolute atomic E-state index is 13.6. The van der Waals surface area contributed by atoms with Crippen molar-refractivity contribution in [1.82, 2.24) is 15.2 Å². The predicted molar refractivity (Wildman–Crippen MR) is 127 cm³/mol. The lowest BCUT2D eigenvalue weighted by molar-refractivity contribution is -0.132. The van der Waals surface area contributed by atoms with E-state index in [1.54, 1.807) is 17.5 Å². The molecule has 0 saturated heterocycles. The number of halogens is 1. The van der Waals surface area contributed by atoms with E-state index in [0.29, 0.717) is 24.4 Å². The van der Waals surface area contributed by atoms with Gasteiger partial charge in [-0.15, -0.1) is 11.3 Å². The van der Waals surface area contributed by atoms with Crippen LogP contribution >= 0.6 is 11.3 Å². The molecule has 1 aliphatic heterocycles. The molecular weight excluding hydrogens is 453 g/mol. The van der Waals surface area contributed by atoms with Crippen molar-refractivity contribution < 1.29 is 18.7 Å². The highest BCUT2D eigenvalue weighted by molar-refractivity contribution is 7.09. The monoisotopic (exact) mass is 479 g/mol. The van der Waals surface area contributed by atoms with Gasteiger partial charge in [-0.3, -0.25) is 9.59 Å². The van der Waals surface area contributed by atoms with Crippen LogP contribution in [0.15, 0.2) is 47.8 Å². The lowest BCUT2D eigenvalue weighted by Gasteiger charge is -2.38. The van der Waals surface area contributed by atoms with Gasteiger partial charge in [0, 0.05) is 24.4 Å². The van der Waals surface area contributed by atoms with Gasteiger partial charge in [-0.1, -0.05) is 25.1 Å². The third-order valence-electron chi connectivity index (χ3n) is 6.21. The topological polar surface area (TPSA) is 71.5 Å². The summed E-state index contributed by atoms with van der Waals surface area (Å²) in [5, 5.41) is 5.41. The van der Waals surface area contributed by atoms with Gasteiger partial charge >= 0.3 is 0 Å². The van der Waals surface area contributed by atoms with Crippen LogP contribution in [0, 0.1) is 5.82 Å². The van der Waals surface area contributed by atoms with E-state index in [1.807, 2.05) is 30.0 Å². The zero-order valence-corrected chi connectivity index (χ0v) is 19.7. The van der Waals surface area contributed by atoms with Crippen molar-refractivity contribution in [1.29, 1.82) is 0 Å². The molecule has 2 amide bonds. The molecule has 1 atom stereocenters. The van der Waals surface area contributed by atoms with E-state index in [2.05, 4.69) is 10.3 Å². The molecule has 176 valence electrons. The molecule has 1 saturated carbocycles. The van der Waals surface area contributed by atoms with Crippen LogP contribution in [0.4, 0.5) is 4.39 Å². The summed E-state index contributed by atoms with van der Waals surface area (Å²) in [4.78, 5) is 31.2. The molecule has 0 bridgehead atoms. The van der Waals surface area contributed by atoms with Gasteiger partial charge in [0.05, 0.1) is 6.04 Å². The lowest BCUT2D eigenvalue weighted by atomic mass is 9.87. The van der Waals surface area contributed by atoms with Crippen LogP contribution < -0.4 is 10.1 Å². The number of fused-ring (bicyclic) bond motifs is 1. The number of aromatic nitrogens is 1. The highest BCUT2D eigenvalue weighted by Crippen LogP contribution is 2.37. The summed E-state index contributed by atoms with van der Waals surface area (Å²) in [5.41, 5.74) is 3.43. The number of hydrogen-bond donors (Lipinski definition) is 1. The third kappa shape index (κ3) is 4.82. The maximum atomic E-state index is 13.6. The Balaban J connectivity index is 1.36. The van der Waals surface area contributed by atoms with Crippen LogP contribution in [-0.2, 0) is 17.8 Å². The number of nitrogens with zero attached hydrogens (tertiary/aromatic N) is 2. The number of thiazole rings is 1. The average Bonchev–Trinajstić information content (AvgIpc) is 3.54. The molecule has 5 rings (SSSR count). The van der Waals surface area contributed by atoms with Crippen LogP contribution in [-0.4, -0.2) is 34.3 Å².